The number of carbonyl (C=O) groups is 3. The molecule has 6 nitrogen and oxygen atoms in total. The molecule has 0 aliphatic carbocycles. The van der Waals surface area contributed by atoms with E-state index >= 15 is 0 Å². The first-order chi connectivity index (χ1) is 22.0. The zero-order valence-corrected chi connectivity index (χ0v) is 29.7. The number of ether oxygens (including phenoxy) is 2. The second kappa shape index (κ2) is 34.8. The van der Waals surface area contributed by atoms with Gasteiger partial charge in [-0.3, -0.25) is 14.4 Å². The summed E-state index contributed by atoms with van der Waals surface area (Å²) in [4.78, 5) is 35.7. The summed E-state index contributed by atoms with van der Waals surface area (Å²) < 4.78 is 10.6. The molecule has 1 amide bonds. The Morgan fingerprint density at radius 3 is 1.40 bits per heavy atom. The SMILES string of the molecule is CCCCCC/C=C\COC(=O)CCCCCCCC(CCCCCCCC(=O)OC/C=C\CCCCCC)CNC(=O)CC. The molecular weight excluding hydrogens is 562 g/mol. The molecule has 0 atom stereocenters. The van der Waals surface area contributed by atoms with Crippen LogP contribution in [0, 0.1) is 5.92 Å². The fourth-order valence-electron chi connectivity index (χ4n) is 5.37. The first kappa shape index (κ1) is 42.9. The molecule has 0 aromatic heterocycles. The average molecular weight is 634 g/mol. The number of nitrogens with one attached hydrogen (secondary N) is 1. The van der Waals surface area contributed by atoms with Gasteiger partial charge in [0, 0.05) is 25.8 Å². The molecule has 0 heterocycles. The van der Waals surface area contributed by atoms with Crippen LogP contribution in [0.3, 0.4) is 0 Å². The van der Waals surface area contributed by atoms with E-state index in [-0.39, 0.29) is 17.8 Å². The molecule has 0 aromatic rings. The average Bonchev–Trinajstić information content (AvgIpc) is 3.04. The van der Waals surface area contributed by atoms with Crippen LogP contribution in [0.4, 0.5) is 0 Å². The van der Waals surface area contributed by atoms with Crippen molar-refractivity contribution in [3.05, 3.63) is 24.3 Å². The van der Waals surface area contributed by atoms with Gasteiger partial charge in [-0.05, 0) is 57.3 Å². The highest BCUT2D eigenvalue weighted by Gasteiger charge is 2.10. The maximum atomic E-state index is 11.9. The largest absolute Gasteiger partial charge is 0.461 e. The zero-order chi connectivity index (χ0) is 33.1. The van der Waals surface area contributed by atoms with Crippen LogP contribution in [-0.2, 0) is 23.9 Å². The number of rotatable bonds is 33. The lowest BCUT2D eigenvalue weighted by atomic mass is 9.94. The number of unbranched alkanes of at least 4 members (excludes halogenated alkanes) is 16. The highest BCUT2D eigenvalue weighted by molar-refractivity contribution is 5.75. The molecule has 0 radical (unpaired) electrons. The Morgan fingerprint density at radius 1 is 0.533 bits per heavy atom. The van der Waals surface area contributed by atoms with Crippen molar-refractivity contribution >= 4 is 17.8 Å². The highest BCUT2D eigenvalue weighted by atomic mass is 16.5. The Labute approximate surface area is 277 Å². The van der Waals surface area contributed by atoms with Crippen molar-refractivity contribution in [2.75, 3.05) is 19.8 Å². The van der Waals surface area contributed by atoms with Gasteiger partial charge in [-0.25, -0.2) is 0 Å². The van der Waals surface area contributed by atoms with Gasteiger partial charge in [-0.2, -0.15) is 0 Å². The third-order valence-corrected chi connectivity index (χ3v) is 8.36. The van der Waals surface area contributed by atoms with Gasteiger partial charge >= 0.3 is 11.9 Å². The maximum absolute atomic E-state index is 11.9. The minimum Gasteiger partial charge on any atom is -0.461 e. The quantitative estimate of drug-likeness (QED) is 0.0442. The van der Waals surface area contributed by atoms with Crippen molar-refractivity contribution in [2.45, 2.75) is 181 Å². The van der Waals surface area contributed by atoms with Crippen molar-refractivity contribution in [3.8, 4) is 0 Å². The van der Waals surface area contributed by atoms with E-state index in [4.69, 9.17) is 9.47 Å². The Kier molecular flexibility index (Phi) is 33.1. The number of carbonyl (C=O) groups excluding carboxylic acids is 3. The van der Waals surface area contributed by atoms with Gasteiger partial charge in [0.15, 0.2) is 0 Å². The van der Waals surface area contributed by atoms with Gasteiger partial charge in [-0.15, -0.1) is 0 Å². The molecule has 0 bridgehead atoms. The molecular formula is C39H71NO5. The number of esters is 2. The van der Waals surface area contributed by atoms with Gasteiger partial charge < -0.3 is 14.8 Å². The predicted molar refractivity (Wildman–Crippen MR) is 189 cm³/mol. The molecule has 45 heavy (non-hydrogen) atoms. The normalized spacial score (nSPS) is 11.6. The van der Waals surface area contributed by atoms with Gasteiger partial charge in [-0.1, -0.05) is 135 Å². The summed E-state index contributed by atoms with van der Waals surface area (Å²) >= 11 is 0. The van der Waals surface area contributed by atoms with Gasteiger partial charge in [0.2, 0.25) is 5.91 Å². The van der Waals surface area contributed by atoms with E-state index in [9.17, 15) is 14.4 Å². The Hall–Kier alpha value is -2.11. The van der Waals surface area contributed by atoms with Gasteiger partial charge in [0.05, 0.1) is 0 Å². The molecule has 1 N–H and O–H groups in total. The van der Waals surface area contributed by atoms with Gasteiger partial charge in [0.25, 0.3) is 0 Å². The molecule has 262 valence electrons. The lowest BCUT2D eigenvalue weighted by molar-refractivity contribution is -0.143. The molecule has 6 heteroatoms. The smallest absolute Gasteiger partial charge is 0.306 e. The molecule has 0 saturated heterocycles. The van der Waals surface area contributed by atoms with E-state index in [0.29, 0.717) is 38.4 Å². The lowest BCUT2D eigenvalue weighted by Gasteiger charge is -2.17. The molecule has 0 unspecified atom stereocenters. The van der Waals surface area contributed by atoms with E-state index in [1.54, 1.807) is 0 Å². The third-order valence-electron chi connectivity index (χ3n) is 8.36. The fourth-order valence-corrected chi connectivity index (χ4v) is 5.37. The molecule has 0 spiro atoms. The fraction of sp³-hybridized carbons (Fsp3) is 0.821. The topological polar surface area (TPSA) is 81.7 Å². The van der Waals surface area contributed by atoms with E-state index in [2.05, 4.69) is 31.3 Å². The van der Waals surface area contributed by atoms with Crippen molar-refractivity contribution in [2.24, 2.45) is 5.92 Å². The van der Waals surface area contributed by atoms with E-state index in [0.717, 1.165) is 83.6 Å². The van der Waals surface area contributed by atoms with Crippen LogP contribution < -0.4 is 5.32 Å². The lowest BCUT2D eigenvalue weighted by Crippen LogP contribution is -2.28. The Balaban J connectivity index is 3.89. The summed E-state index contributed by atoms with van der Waals surface area (Å²) in [6, 6.07) is 0. The molecule has 0 saturated carbocycles. The van der Waals surface area contributed by atoms with E-state index in [1.807, 2.05) is 19.1 Å². The van der Waals surface area contributed by atoms with Gasteiger partial charge in [0.1, 0.15) is 13.2 Å². The summed E-state index contributed by atoms with van der Waals surface area (Å²) in [5.41, 5.74) is 0. The summed E-state index contributed by atoms with van der Waals surface area (Å²) in [5, 5.41) is 3.10. The standard InChI is InChI=1S/C39H71NO5/c1-4-7-9-11-13-21-27-33-44-38(42)31-25-19-15-17-23-29-36(35-40-37(41)6-3)30-24-18-16-20-26-32-39(43)45-34-28-22-14-12-10-8-5-2/h21-22,27-28,36H,4-20,23-26,29-35H2,1-3H3,(H,40,41)/b27-21-,28-22-. The van der Waals surface area contributed by atoms with Crippen LogP contribution in [0.25, 0.3) is 0 Å². The Bertz CT molecular complexity index is 696. The summed E-state index contributed by atoms with van der Waals surface area (Å²) in [5.74, 6) is 0.468. The second-order valence-corrected chi connectivity index (χ2v) is 12.6. The number of hydrogen-bond acceptors (Lipinski definition) is 5. The molecule has 0 fully saturated rings. The van der Waals surface area contributed by atoms with Crippen molar-refractivity contribution < 1.29 is 23.9 Å². The minimum atomic E-state index is -0.0893. The van der Waals surface area contributed by atoms with E-state index in [1.165, 1.54) is 64.2 Å². The van der Waals surface area contributed by atoms with Crippen LogP contribution >= 0.6 is 0 Å². The van der Waals surface area contributed by atoms with Crippen LogP contribution in [0.2, 0.25) is 0 Å². The van der Waals surface area contributed by atoms with Crippen LogP contribution in [-0.4, -0.2) is 37.6 Å². The molecule has 0 aliphatic rings. The van der Waals surface area contributed by atoms with E-state index < -0.39 is 0 Å². The third kappa shape index (κ3) is 33.1. The number of amides is 1. The summed E-state index contributed by atoms with van der Waals surface area (Å²) in [6.45, 7) is 7.90. The Morgan fingerprint density at radius 2 is 0.956 bits per heavy atom. The summed E-state index contributed by atoms with van der Waals surface area (Å²) in [6.07, 6.45) is 35.0. The highest BCUT2D eigenvalue weighted by Crippen LogP contribution is 2.19. The zero-order valence-electron chi connectivity index (χ0n) is 29.7. The number of allylic oxidation sites excluding steroid dienone is 2. The predicted octanol–water partition coefficient (Wildman–Crippen LogP) is 10.7. The maximum Gasteiger partial charge on any atom is 0.306 e. The van der Waals surface area contributed by atoms with Crippen molar-refractivity contribution in [1.82, 2.24) is 5.32 Å². The molecule has 0 aromatic carbocycles. The van der Waals surface area contributed by atoms with Crippen LogP contribution in [0.5, 0.6) is 0 Å². The first-order valence-corrected chi connectivity index (χ1v) is 18.9. The second-order valence-electron chi connectivity index (χ2n) is 12.6. The van der Waals surface area contributed by atoms with Crippen molar-refractivity contribution in [1.29, 1.82) is 0 Å². The summed E-state index contributed by atoms with van der Waals surface area (Å²) in [7, 11) is 0. The van der Waals surface area contributed by atoms with Crippen LogP contribution in [0.1, 0.15) is 181 Å². The minimum absolute atomic E-state index is 0.0893. The molecule has 0 rings (SSSR count). The molecule has 0 aliphatic heterocycles. The number of hydrogen-bond donors (Lipinski definition) is 1. The monoisotopic (exact) mass is 634 g/mol. The van der Waals surface area contributed by atoms with Crippen LogP contribution in [0.15, 0.2) is 24.3 Å². The first-order valence-electron chi connectivity index (χ1n) is 18.9. The van der Waals surface area contributed by atoms with Crippen molar-refractivity contribution in [3.63, 3.8) is 0 Å².